The fourth-order valence-electron chi connectivity index (χ4n) is 0.288. The van der Waals surface area contributed by atoms with Gasteiger partial charge < -0.3 is 5.11 Å². The highest BCUT2D eigenvalue weighted by Crippen LogP contribution is 1.89. The van der Waals surface area contributed by atoms with Crippen molar-refractivity contribution in [1.82, 2.24) is 0 Å². The van der Waals surface area contributed by atoms with Crippen LogP contribution in [0.1, 0.15) is 6.92 Å². The molecule has 1 N–H and O–H groups in total. The minimum atomic E-state index is -0.0935. The molecule has 2 nitrogen and oxygen atoms in total. The molecule has 0 fully saturated rings. The van der Waals surface area contributed by atoms with E-state index < -0.39 is 0 Å². The zero-order chi connectivity index (χ0) is 7.28. The lowest BCUT2D eigenvalue weighted by Crippen LogP contribution is -1.85. The molecule has 0 saturated carbocycles. The van der Waals surface area contributed by atoms with Crippen molar-refractivity contribution in [2.45, 2.75) is 6.92 Å². The predicted octanol–water partition coefficient (Wildman–Crippen LogP) is 0.680. The Morgan fingerprint density at radius 3 is 2.56 bits per heavy atom. The van der Waals surface area contributed by atoms with Crippen molar-refractivity contribution in [3.05, 3.63) is 24.3 Å². The van der Waals surface area contributed by atoms with Crippen molar-refractivity contribution in [3.63, 3.8) is 0 Å². The van der Waals surface area contributed by atoms with Gasteiger partial charge in [-0.15, -0.1) is 0 Å². The number of carbonyl (C=O) groups excluding carboxylic acids is 1. The molecule has 0 atom stereocenters. The minimum Gasteiger partial charge on any atom is -0.392 e. The largest absolute Gasteiger partial charge is 0.392 e. The van der Waals surface area contributed by atoms with E-state index in [1.54, 1.807) is 0 Å². The molecular weight excluding hydrogens is 116 g/mol. The van der Waals surface area contributed by atoms with E-state index in [9.17, 15) is 4.79 Å². The Balaban J connectivity index is 3.71. The number of aliphatic hydroxyl groups is 1. The summed E-state index contributed by atoms with van der Waals surface area (Å²) in [6, 6.07) is 0. The molecule has 0 rings (SSSR count). The van der Waals surface area contributed by atoms with Crippen molar-refractivity contribution < 1.29 is 9.90 Å². The van der Waals surface area contributed by atoms with Gasteiger partial charge in [0.2, 0.25) is 0 Å². The summed E-state index contributed by atoms with van der Waals surface area (Å²) in [6.07, 6.45) is 2.88. The molecular formula is C7H10O2. The molecule has 0 spiro atoms. The zero-order valence-corrected chi connectivity index (χ0v) is 5.42. The molecule has 0 amide bonds. The average Bonchev–Trinajstić information content (AvgIpc) is 1.83. The van der Waals surface area contributed by atoms with E-state index in [1.807, 2.05) is 0 Å². The first-order chi connectivity index (χ1) is 4.16. The summed E-state index contributed by atoms with van der Waals surface area (Å²) in [5.74, 6) is -0.0374. The quantitative estimate of drug-likeness (QED) is 0.446. The monoisotopic (exact) mass is 126 g/mol. The topological polar surface area (TPSA) is 37.3 Å². The van der Waals surface area contributed by atoms with Crippen LogP contribution in [0.2, 0.25) is 0 Å². The third-order valence-electron chi connectivity index (χ3n) is 0.757. The molecule has 50 valence electrons. The molecule has 0 bridgehead atoms. The lowest BCUT2D eigenvalue weighted by atomic mass is 10.3. The molecule has 0 radical (unpaired) electrons. The first-order valence-electron chi connectivity index (χ1n) is 2.64. The van der Waals surface area contributed by atoms with Gasteiger partial charge in [0.25, 0.3) is 0 Å². The molecule has 0 saturated heterocycles. The summed E-state index contributed by atoms with van der Waals surface area (Å²) in [5.41, 5.74) is 0.546. The van der Waals surface area contributed by atoms with Crippen LogP contribution in [0, 0.1) is 0 Å². The van der Waals surface area contributed by atoms with Gasteiger partial charge in [0.15, 0.2) is 5.78 Å². The molecule has 0 aliphatic heterocycles. The summed E-state index contributed by atoms with van der Waals surface area (Å²) < 4.78 is 0. The third-order valence-corrected chi connectivity index (χ3v) is 0.757. The van der Waals surface area contributed by atoms with Gasteiger partial charge in [0.1, 0.15) is 0 Å². The summed E-state index contributed by atoms with van der Waals surface area (Å²) in [5, 5.41) is 8.39. The zero-order valence-electron chi connectivity index (χ0n) is 5.42. The fourth-order valence-corrected chi connectivity index (χ4v) is 0.288. The second-order valence-electron chi connectivity index (χ2n) is 1.76. The van der Waals surface area contributed by atoms with Crippen LogP contribution in [-0.4, -0.2) is 17.5 Å². The third kappa shape index (κ3) is 4.97. The summed E-state index contributed by atoms with van der Waals surface area (Å²) in [6.45, 7) is 4.81. The van der Waals surface area contributed by atoms with Crippen molar-refractivity contribution in [1.29, 1.82) is 0 Å². The molecule has 0 aliphatic carbocycles. The van der Waals surface area contributed by atoms with Gasteiger partial charge in [-0.1, -0.05) is 12.7 Å². The van der Waals surface area contributed by atoms with E-state index in [0.29, 0.717) is 5.57 Å². The van der Waals surface area contributed by atoms with Crippen molar-refractivity contribution >= 4 is 5.78 Å². The Kier molecular flexibility index (Phi) is 3.64. The second-order valence-corrected chi connectivity index (χ2v) is 1.76. The first-order valence-corrected chi connectivity index (χ1v) is 2.64. The smallest absolute Gasteiger partial charge is 0.152 e. The minimum absolute atomic E-state index is 0.0374. The number of hydrogen-bond donors (Lipinski definition) is 1. The van der Waals surface area contributed by atoms with Gasteiger partial charge in [-0.3, -0.25) is 4.79 Å². The first kappa shape index (κ1) is 8.11. The second kappa shape index (κ2) is 4.04. The van der Waals surface area contributed by atoms with Crippen molar-refractivity contribution in [2.75, 3.05) is 6.61 Å². The van der Waals surface area contributed by atoms with E-state index in [4.69, 9.17) is 5.11 Å². The standard InChI is InChI=1S/C7H10O2/c1-6(5-8)3-4-7(2)9/h3-4,8H,1,5H2,2H3/b4-3-. The average molecular weight is 126 g/mol. The normalized spacial score (nSPS) is 10.0. The highest BCUT2D eigenvalue weighted by Gasteiger charge is 1.83. The maximum Gasteiger partial charge on any atom is 0.152 e. The van der Waals surface area contributed by atoms with Crippen molar-refractivity contribution in [2.24, 2.45) is 0 Å². The number of hydrogen-bond acceptors (Lipinski definition) is 2. The highest BCUT2D eigenvalue weighted by atomic mass is 16.3. The lowest BCUT2D eigenvalue weighted by molar-refractivity contribution is -0.112. The Hall–Kier alpha value is -0.890. The summed E-state index contributed by atoms with van der Waals surface area (Å²) in [7, 11) is 0. The van der Waals surface area contributed by atoms with Crippen molar-refractivity contribution in [3.8, 4) is 0 Å². The van der Waals surface area contributed by atoms with Crippen LogP contribution in [-0.2, 0) is 4.79 Å². The van der Waals surface area contributed by atoms with Gasteiger partial charge in [0.05, 0.1) is 6.61 Å². The van der Waals surface area contributed by atoms with E-state index in [0.717, 1.165) is 0 Å². The fraction of sp³-hybridized carbons (Fsp3) is 0.286. The number of rotatable bonds is 3. The van der Waals surface area contributed by atoms with E-state index in [1.165, 1.54) is 19.1 Å². The van der Waals surface area contributed by atoms with E-state index >= 15 is 0 Å². The van der Waals surface area contributed by atoms with E-state index in [2.05, 4.69) is 6.58 Å². The Morgan fingerprint density at radius 2 is 2.22 bits per heavy atom. The van der Waals surface area contributed by atoms with Crippen LogP contribution in [0.4, 0.5) is 0 Å². The predicted molar refractivity (Wildman–Crippen MR) is 36.0 cm³/mol. The molecule has 0 aromatic heterocycles. The van der Waals surface area contributed by atoms with Crippen LogP contribution < -0.4 is 0 Å². The molecule has 0 aromatic carbocycles. The lowest BCUT2D eigenvalue weighted by Gasteiger charge is -1.87. The molecule has 0 unspecified atom stereocenters. The number of allylic oxidation sites excluding steroid dienone is 1. The SMILES string of the molecule is C=C(/C=C\C(C)=O)CO. The highest BCUT2D eigenvalue weighted by molar-refractivity contribution is 5.87. The van der Waals surface area contributed by atoms with E-state index in [-0.39, 0.29) is 12.4 Å². The molecule has 0 aromatic rings. The van der Waals surface area contributed by atoms with Crippen LogP contribution in [0.25, 0.3) is 0 Å². The molecule has 0 aliphatic rings. The molecule has 2 heteroatoms. The maximum absolute atomic E-state index is 10.3. The van der Waals surface area contributed by atoms with Gasteiger partial charge in [-0.25, -0.2) is 0 Å². The van der Waals surface area contributed by atoms with Crippen LogP contribution >= 0.6 is 0 Å². The Morgan fingerprint density at radius 1 is 1.67 bits per heavy atom. The Labute approximate surface area is 54.5 Å². The summed E-state index contributed by atoms with van der Waals surface area (Å²) >= 11 is 0. The van der Waals surface area contributed by atoms with Gasteiger partial charge >= 0.3 is 0 Å². The maximum atomic E-state index is 10.3. The number of ketones is 1. The summed E-state index contributed by atoms with van der Waals surface area (Å²) in [4.78, 5) is 10.3. The number of carbonyl (C=O) groups is 1. The Bertz CT molecular complexity index is 145. The van der Waals surface area contributed by atoms with Crippen LogP contribution in [0.15, 0.2) is 24.3 Å². The number of aliphatic hydroxyl groups excluding tert-OH is 1. The molecule has 0 heterocycles. The van der Waals surface area contributed by atoms with Gasteiger partial charge in [0, 0.05) is 0 Å². The van der Waals surface area contributed by atoms with Crippen LogP contribution in [0.5, 0.6) is 0 Å². The van der Waals surface area contributed by atoms with Gasteiger partial charge in [-0.05, 0) is 18.6 Å². The van der Waals surface area contributed by atoms with Gasteiger partial charge in [-0.2, -0.15) is 0 Å². The molecule has 9 heavy (non-hydrogen) atoms. The van der Waals surface area contributed by atoms with Crippen LogP contribution in [0.3, 0.4) is 0 Å².